The summed E-state index contributed by atoms with van der Waals surface area (Å²) in [6.07, 6.45) is 2.02. The van der Waals surface area contributed by atoms with Crippen LogP contribution < -0.4 is 10.1 Å². The zero-order valence-electron chi connectivity index (χ0n) is 10.1. The van der Waals surface area contributed by atoms with Crippen LogP contribution in [0, 0.1) is 12.8 Å². The Kier molecular flexibility index (Phi) is 4.22. The van der Waals surface area contributed by atoms with Gasteiger partial charge in [0.25, 0.3) is 0 Å². The van der Waals surface area contributed by atoms with E-state index < -0.39 is 0 Å². The number of amides is 1. The molecule has 0 atom stereocenters. The minimum atomic E-state index is -0.0549. The number of anilines is 1. The fourth-order valence-electron chi connectivity index (χ4n) is 1.26. The van der Waals surface area contributed by atoms with E-state index in [4.69, 9.17) is 4.74 Å². The van der Waals surface area contributed by atoms with Crippen molar-refractivity contribution in [3.05, 3.63) is 12.0 Å². The Balaban J connectivity index is 2.76. The van der Waals surface area contributed by atoms with Crippen LogP contribution in [0.2, 0.25) is 0 Å². The standard InChI is InChI=1S/C11H17N3O2/c1-7(2)5-10(15)14-9-6-12-8(3)13-11(9)16-4/h6-7H,5H2,1-4H3,(H,14,15). The number of nitrogens with one attached hydrogen (secondary N) is 1. The van der Waals surface area contributed by atoms with E-state index >= 15 is 0 Å². The molecule has 0 aliphatic rings. The van der Waals surface area contributed by atoms with Crippen molar-refractivity contribution in [2.45, 2.75) is 27.2 Å². The molecule has 88 valence electrons. The lowest BCUT2D eigenvalue weighted by Gasteiger charge is -2.10. The van der Waals surface area contributed by atoms with Gasteiger partial charge in [-0.25, -0.2) is 4.98 Å². The van der Waals surface area contributed by atoms with Gasteiger partial charge in [0.15, 0.2) is 0 Å². The van der Waals surface area contributed by atoms with Crippen LogP contribution in [0.3, 0.4) is 0 Å². The molecule has 0 aromatic carbocycles. The molecule has 16 heavy (non-hydrogen) atoms. The smallest absolute Gasteiger partial charge is 0.240 e. The number of hydrogen-bond acceptors (Lipinski definition) is 4. The summed E-state index contributed by atoms with van der Waals surface area (Å²) < 4.78 is 5.07. The summed E-state index contributed by atoms with van der Waals surface area (Å²) in [5, 5.41) is 2.73. The van der Waals surface area contributed by atoms with Crippen LogP contribution in [0.4, 0.5) is 5.69 Å². The maximum atomic E-state index is 11.6. The molecule has 1 N–H and O–H groups in total. The van der Waals surface area contributed by atoms with Gasteiger partial charge in [-0.1, -0.05) is 13.8 Å². The minimum absolute atomic E-state index is 0.0549. The zero-order chi connectivity index (χ0) is 12.1. The lowest BCUT2D eigenvalue weighted by atomic mass is 10.1. The average Bonchev–Trinajstić information content (AvgIpc) is 2.19. The maximum Gasteiger partial charge on any atom is 0.240 e. The summed E-state index contributed by atoms with van der Waals surface area (Å²) in [5.74, 6) is 1.27. The molecule has 1 aromatic heterocycles. The molecule has 0 unspecified atom stereocenters. The van der Waals surface area contributed by atoms with Crippen molar-refractivity contribution >= 4 is 11.6 Å². The molecule has 0 spiro atoms. The topological polar surface area (TPSA) is 64.1 Å². The summed E-state index contributed by atoms with van der Waals surface area (Å²) in [7, 11) is 1.51. The van der Waals surface area contributed by atoms with Crippen LogP contribution >= 0.6 is 0 Å². The van der Waals surface area contributed by atoms with Gasteiger partial charge >= 0.3 is 0 Å². The van der Waals surface area contributed by atoms with E-state index in [-0.39, 0.29) is 5.91 Å². The highest BCUT2D eigenvalue weighted by atomic mass is 16.5. The third-order valence-corrected chi connectivity index (χ3v) is 1.94. The van der Waals surface area contributed by atoms with E-state index in [1.54, 1.807) is 13.1 Å². The van der Waals surface area contributed by atoms with Crippen LogP contribution in [0.15, 0.2) is 6.20 Å². The van der Waals surface area contributed by atoms with Gasteiger partial charge in [-0.15, -0.1) is 0 Å². The first-order chi connectivity index (χ1) is 7.52. The molecule has 1 rings (SSSR count). The molecule has 0 saturated heterocycles. The van der Waals surface area contributed by atoms with Gasteiger partial charge in [0.05, 0.1) is 13.3 Å². The third kappa shape index (κ3) is 3.49. The SMILES string of the molecule is COc1nc(C)ncc1NC(=O)CC(C)C. The van der Waals surface area contributed by atoms with Gasteiger partial charge in [0, 0.05) is 6.42 Å². The molecule has 5 nitrogen and oxygen atoms in total. The van der Waals surface area contributed by atoms with Crippen molar-refractivity contribution in [1.82, 2.24) is 9.97 Å². The van der Waals surface area contributed by atoms with Crippen LogP contribution in [-0.2, 0) is 4.79 Å². The first-order valence-corrected chi connectivity index (χ1v) is 5.20. The van der Waals surface area contributed by atoms with E-state index in [0.717, 1.165) is 0 Å². The lowest BCUT2D eigenvalue weighted by molar-refractivity contribution is -0.116. The first-order valence-electron chi connectivity index (χ1n) is 5.20. The first kappa shape index (κ1) is 12.4. The van der Waals surface area contributed by atoms with Crippen molar-refractivity contribution in [2.75, 3.05) is 12.4 Å². The normalized spacial score (nSPS) is 10.3. The van der Waals surface area contributed by atoms with Crippen molar-refractivity contribution in [2.24, 2.45) is 5.92 Å². The number of aromatic nitrogens is 2. The van der Waals surface area contributed by atoms with Crippen LogP contribution in [-0.4, -0.2) is 23.0 Å². The minimum Gasteiger partial charge on any atom is -0.479 e. The Morgan fingerprint density at radius 1 is 1.56 bits per heavy atom. The molecule has 0 saturated carbocycles. The van der Waals surface area contributed by atoms with Crippen molar-refractivity contribution in [3.8, 4) is 5.88 Å². The second kappa shape index (κ2) is 5.44. The Bertz CT molecular complexity index is 377. The highest BCUT2D eigenvalue weighted by Crippen LogP contribution is 2.20. The predicted molar refractivity (Wildman–Crippen MR) is 61.4 cm³/mol. The largest absolute Gasteiger partial charge is 0.479 e. The number of ether oxygens (including phenoxy) is 1. The Labute approximate surface area is 95.3 Å². The summed E-state index contributed by atoms with van der Waals surface area (Å²) in [5.41, 5.74) is 0.513. The van der Waals surface area contributed by atoms with Gasteiger partial charge in [-0.3, -0.25) is 4.79 Å². The molecule has 0 radical (unpaired) electrons. The zero-order valence-corrected chi connectivity index (χ0v) is 10.1. The Morgan fingerprint density at radius 3 is 2.81 bits per heavy atom. The van der Waals surface area contributed by atoms with Gasteiger partial charge in [-0.2, -0.15) is 4.98 Å². The van der Waals surface area contributed by atoms with E-state index in [0.29, 0.717) is 29.7 Å². The number of aryl methyl sites for hydroxylation is 1. The average molecular weight is 223 g/mol. The van der Waals surface area contributed by atoms with Crippen molar-refractivity contribution < 1.29 is 9.53 Å². The molecular weight excluding hydrogens is 206 g/mol. The maximum absolute atomic E-state index is 11.6. The summed E-state index contributed by atoms with van der Waals surface area (Å²) in [6, 6.07) is 0. The summed E-state index contributed by atoms with van der Waals surface area (Å²) in [6.45, 7) is 5.74. The summed E-state index contributed by atoms with van der Waals surface area (Å²) in [4.78, 5) is 19.6. The lowest BCUT2D eigenvalue weighted by Crippen LogP contribution is -2.15. The highest BCUT2D eigenvalue weighted by molar-refractivity contribution is 5.91. The number of nitrogens with zero attached hydrogens (tertiary/aromatic N) is 2. The van der Waals surface area contributed by atoms with E-state index in [1.807, 2.05) is 13.8 Å². The molecule has 5 heteroatoms. The van der Waals surface area contributed by atoms with Crippen LogP contribution in [0.25, 0.3) is 0 Å². The van der Waals surface area contributed by atoms with Gasteiger partial charge in [-0.05, 0) is 12.8 Å². The molecule has 0 aliphatic carbocycles. The number of carbonyl (C=O) groups excluding carboxylic acids is 1. The van der Waals surface area contributed by atoms with E-state index in [1.165, 1.54) is 7.11 Å². The highest BCUT2D eigenvalue weighted by Gasteiger charge is 2.10. The van der Waals surface area contributed by atoms with Crippen LogP contribution in [0.1, 0.15) is 26.1 Å². The Morgan fingerprint density at radius 2 is 2.25 bits per heavy atom. The molecular formula is C11H17N3O2. The van der Waals surface area contributed by atoms with Crippen LogP contribution in [0.5, 0.6) is 5.88 Å². The van der Waals surface area contributed by atoms with Gasteiger partial charge in [0.2, 0.25) is 11.8 Å². The summed E-state index contributed by atoms with van der Waals surface area (Å²) >= 11 is 0. The fourth-order valence-corrected chi connectivity index (χ4v) is 1.26. The quantitative estimate of drug-likeness (QED) is 0.845. The fraction of sp³-hybridized carbons (Fsp3) is 0.545. The number of carbonyl (C=O) groups is 1. The third-order valence-electron chi connectivity index (χ3n) is 1.94. The molecule has 1 amide bonds. The monoisotopic (exact) mass is 223 g/mol. The molecule has 0 aliphatic heterocycles. The Hall–Kier alpha value is -1.65. The van der Waals surface area contributed by atoms with E-state index in [9.17, 15) is 4.79 Å². The number of rotatable bonds is 4. The molecule has 1 aromatic rings. The second-order valence-corrected chi connectivity index (χ2v) is 3.99. The second-order valence-electron chi connectivity index (χ2n) is 3.99. The van der Waals surface area contributed by atoms with Gasteiger partial charge < -0.3 is 10.1 Å². The number of methoxy groups -OCH3 is 1. The predicted octanol–water partition coefficient (Wildman–Crippen LogP) is 1.78. The van der Waals surface area contributed by atoms with E-state index in [2.05, 4.69) is 15.3 Å². The van der Waals surface area contributed by atoms with Gasteiger partial charge in [0.1, 0.15) is 11.5 Å². The molecule has 0 fully saturated rings. The number of hydrogen-bond donors (Lipinski definition) is 1. The molecule has 0 bridgehead atoms. The van der Waals surface area contributed by atoms with Crippen molar-refractivity contribution in [1.29, 1.82) is 0 Å². The molecule has 1 heterocycles. The van der Waals surface area contributed by atoms with Crippen molar-refractivity contribution in [3.63, 3.8) is 0 Å².